The van der Waals surface area contributed by atoms with Crippen molar-refractivity contribution in [3.05, 3.63) is 30.2 Å². The molecule has 0 aliphatic heterocycles. The van der Waals surface area contributed by atoms with Crippen LogP contribution in [-0.4, -0.2) is 17.1 Å². The van der Waals surface area contributed by atoms with Crippen molar-refractivity contribution in [2.24, 2.45) is 0 Å². The van der Waals surface area contributed by atoms with Crippen LogP contribution in [0.4, 0.5) is 0 Å². The normalized spacial score (nSPS) is 10.4. The quantitative estimate of drug-likeness (QED) is 0.721. The SMILES string of the molecule is CCc1n[c]c2ccc(OC)cc2n1. The fraction of sp³-hybridized carbons (Fsp3) is 0.273. The molecule has 0 fully saturated rings. The number of ether oxygens (including phenoxy) is 1. The van der Waals surface area contributed by atoms with Gasteiger partial charge in [-0.05, 0) is 12.1 Å². The molecule has 0 unspecified atom stereocenters. The zero-order valence-electron chi connectivity index (χ0n) is 8.24. The van der Waals surface area contributed by atoms with Gasteiger partial charge in [-0.15, -0.1) is 0 Å². The Hall–Kier alpha value is -1.64. The van der Waals surface area contributed by atoms with Gasteiger partial charge < -0.3 is 4.74 Å². The van der Waals surface area contributed by atoms with E-state index in [1.165, 1.54) is 0 Å². The van der Waals surface area contributed by atoms with Gasteiger partial charge in [0.2, 0.25) is 0 Å². The number of aromatic nitrogens is 2. The molecule has 3 nitrogen and oxygen atoms in total. The summed E-state index contributed by atoms with van der Waals surface area (Å²) in [6.07, 6.45) is 3.78. The Morgan fingerprint density at radius 1 is 1.43 bits per heavy atom. The van der Waals surface area contributed by atoms with Gasteiger partial charge in [0.25, 0.3) is 0 Å². The van der Waals surface area contributed by atoms with Gasteiger partial charge in [0.1, 0.15) is 17.8 Å². The summed E-state index contributed by atoms with van der Waals surface area (Å²) in [5.41, 5.74) is 0.885. The van der Waals surface area contributed by atoms with E-state index in [-0.39, 0.29) is 0 Å². The lowest BCUT2D eigenvalue weighted by Crippen LogP contribution is -1.93. The van der Waals surface area contributed by atoms with E-state index in [9.17, 15) is 0 Å². The average Bonchev–Trinajstić information content (AvgIpc) is 2.27. The number of hydrogen-bond donors (Lipinski definition) is 0. The van der Waals surface area contributed by atoms with Crippen LogP contribution in [0.1, 0.15) is 12.7 Å². The minimum atomic E-state index is 0.811. The predicted molar refractivity (Wildman–Crippen MR) is 54.3 cm³/mol. The first-order chi connectivity index (χ1) is 6.83. The minimum Gasteiger partial charge on any atom is -0.497 e. The standard InChI is InChI=1S/C11H11N2O/c1-3-11-12-7-8-4-5-9(14-2)6-10(8)13-11/h4-6H,3H2,1-2H3. The maximum absolute atomic E-state index is 5.12. The van der Waals surface area contributed by atoms with Gasteiger partial charge >= 0.3 is 0 Å². The molecule has 0 saturated carbocycles. The van der Waals surface area contributed by atoms with E-state index < -0.39 is 0 Å². The van der Waals surface area contributed by atoms with Crippen molar-refractivity contribution in [1.29, 1.82) is 0 Å². The highest BCUT2D eigenvalue weighted by Crippen LogP contribution is 2.17. The first kappa shape index (κ1) is 8.94. The van der Waals surface area contributed by atoms with E-state index in [0.717, 1.165) is 28.9 Å². The molecule has 1 aromatic heterocycles. The molecule has 3 heteroatoms. The van der Waals surface area contributed by atoms with E-state index in [1.54, 1.807) is 7.11 Å². The summed E-state index contributed by atoms with van der Waals surface area (Å²) in [7, 11) is 1.65. The van der Waals surface area contributed by atoms with Crippen LogP contribution in [0.25, 0.3) is 10.9 Å². The Kier molecular flexibility index (Phi) is 2.31. The van der Waals surface area contributed by atoms with Crippen LogP contribution in [0.5, 0.6) is 5.75 Å². The smallest absolute Gasteiger partial charge is 0.129 e. The van der Waals surface area contributed by atoms with Crippen molar-refractivity contribution in [3.8, 4) is 5.75 Å². The van der Waals surface area contributed by atoms with Gasteiger partial charge in [-0.3, -0.25) is 0 Å². The van der Waals surface area contributed by atoms with Gasteiger partial charge in [0.15, 0.2) is 0 Å². The van der Waals surface area contributed by atoms with Gasteiger partial charge in [0.05, 0.1) is 12.6 Å². The van der Waals surface area contributed by atoms with Crippen LogP contribution in [0.2, 0.25) is 0 Å². The Balaban J connectivity index is 2.60. The molecule has 0 spiro atoms. The van der Waals surface area contributed by atoms with Gasteiger partial charge in [0, 0.05) is 17.9 Å². The summed E-state index contributed by atoms with van der Waals surface area (Å²) in [4.78, 5) is 8.48. The molecule has 0 aliphatic rings. The first-order valence-electron chi connectivity index (χ1n) is 4.56. The lowest BCUT2D eigenvalue weighted by molar-refractivity contribution is 0.415. The second-order valence-corrected chi connectivity index (χ2v) is 2.99. The summed E-state index contributed by atoms with van der Waals surface area (Å²) in [5, 5.41) is 0.919. The monoisotopic (exact) mass is 187 g/mol. The summed E-state index contributed by atoms with van der Waals surface area (Å²) in [6, 6.07) is 5.69. The highest BCUT2D eigenvalue weighted by atomic mass is 16.5. The molecular formula is C11H11N2O. The number of fused-ring (bicyclic) bond motifs is 1. The van der Waals surface area contributed by atoms with Crippen molar-refractivity contribution in [1.82, 2.24) is 9.97 Å². The van der Waals surface area contributed by atoms with Crippen LogP contribution >= 0.6 is 0 Å². The highest BCUT2D eigenvalue weighted by molar-refractivity contribution is 5.78. The summed E-state index contributed by atoms with van der Waals surface area (Å²) in [5.74, 6) is 1.62. The Bertz CT molecular complexity index is 415. The Morgan fingerprint density at radius 3 is 3.00 bits per heavy atom. The van der Waals surface area contributed by atoms with E-state index in [4.69, 9.17) is 4.74 Å². The zero-order chi connectivity index (χ0) is 9.97. The molecule has 1 aromatic carbocycles. The largest absolute Gasteiger partial charge is 0.497 e. The second kappa shape index (κ2) is 3.62. The van der Waals surface area contributed by atoms with E-state index in [0.29, 0.717) is 0 Å². The van der Waals surface area contributed by atoms with Crippen LogP contribution in [-0.2, 0) is 6.42 Å². The first-order valence-corrected chi connectivity index (χ1v) is 4.56. The summed E-state index contributed by atoms with van der Waals surface area (Å²) in [6.45, 7) is 2.02. The molecule has 0 N–H and O–H groups in total. The van der Waals surface area contributed by atoms with Gasteiger partial charge in [-0.2, -0.15) is 0 Å². The summed E-state index contributed by atoms with van der Waals surface area (Å²) >= 11 is 0. The predicted octanol–water partition coefficient (Wildman–Crippen LogP) is 2.00. The number of nitrogens with zero attached hydrogens (tertiary/aromatic N) is 2. The third-order valence-corrected chi connectivity index (χ3v) is 2.08. The molecule has 0 aliphatic carbocycles. The van der Waals surface area contributed by atoms with Gasteiger partial charge in [-0.1, -0.05) is 6.92 Å². The molecule has 2 rings (SSSR count). The number of rotatable bonds is 2. The van der Waals surface area contributed by atoms with Gasteiger partial charge in [-0.25, -0.2) is 9.97 Å². The topological polar surface area (TPSA) is 35.0 Å². The van der Waals surface area contributed by atoms with E-state index in [1.807, 2.05) is 25.1 Å². The molecule has 0 amide bonds. The maximum Gasteiger partial charge on any atom is 0.129 e. The molecule has 1 heterocycles. The van der Waals surface area contributed by atoms with Crippen molar-refractivity contribution >= 4 is 10.9 Å². The van der Waals surface area contributed by atoms with Crippen LogP contribution in [0.15, 0.2) is 18.2 Å². The fourth-order valence-electron chi connectivity index (χ4n) is 1.27. The third-order valence-electron chi connectivity index (χ3n) is 2.08. The average molecular weight is 187 g/mol. The van der Waals surface area contributed by atoms with Crippen LogP contribution < -0.4 is 4.74 Å². The number of hydrogen-bond acceptors (Lipinski definition) is 3. The number of benzene rings is 1. The zero-order valence-corrected chi connectivity index (χ0v) is 8.24. The summed E-state index contributed by atoms with van der Waals surface area (Å²) < 4.78 is 5.12. The molecule has 1 radical (unpaired) electrons. The van der Waals surface area contributed by atoms with Crippen molar-refractivity contribution < 1.29 is 4.74 Å². The van der Waals surface area contributed by atoms with E-state index in [2.05, 4.69) is 16.2 Å². The Labute approximate surface area is 82.8 Å². The maximum atomic E-state index is 5.12. The van der Waals surface area contributed by atoms with Crippen LogP contribution in [0, 0.1) is 6.20 Å². The molecule has 2 aromatic rings. The van der Waals surface area contributed by atoms with Crippen molar-refractivity contribution in [2.45, 2.75) is 13.3 Å². The van der Waals surface area contributed by atoms with Crippen molar-refractivity contribution in [2.75, 3.05) is 7.11 Å². The van der Waals surface area contributed by atoms with Crippen molar-refractivity contribution in [3.63, 3.8) is 0 Å². The molecule has 14 heavy (non-hydrogen) atoms. The second-order valence-electron chi connectivity index (χ2n) is 2.99. The molecule has 0 atom stereocenters. The van der Waals surface area contributed by atoms with E-state index >= 15 is 0 Å². The highest BCUT2D eigenvalue weighted by Gasteiger charge is 2.00. The molecule has 0 bridgehead atoms. The lowest BCUT2D eigenvalue weighted by Gasteiger charge is -2.02. The Morgan fingerprint density at radius 2 is 2.29 bits per heavy atom. The van der Waals surface area contributed by atoms with Crippen LogP contribution in [0.3, 0.4) is 0 Å². The number of methoxy groups -OCH3 is 1. The minimum absolute atomic E-state index is 0.811. The third kappa shape index (κ3) is 1.53. The lowest BCUT2D eigenvalue weighted by atomic mass is 10.2. The molecular weight excluding hydrogens is 176 g/mol. The number of aryl methyl sites for hydroxylation is 1. The molecule has 71 valence electrons. The fourth-order valence-corrected chi connectivity index (χ4v) is 1.27. The molecule has 0 saturated heterocycles.